The number of primary amides is 1. The van der Waals surface area contributed by atoms with Gasteiger partial charge >= 0.3 is 18.4 Å². The van der Waals surface area contributed by atoms with E-state index in [1.54, 1.807) is 0 Å². The number of thiol groups is 1. The lowest BCUT2D eigenvalue weighted by Crippen LogP contribution is -2.35. The molecule has 162 valence electrons. The van der Waals surface area contributed by atoms with Gasteiger partial charge in [-0.15, -0.1) is 0 Å². The number of halogens is 6. The summed E-state index contributed by atoms with van der Waals surface area (Å²) < 4.78 is 78.1. The molecule has 0 heterocycles. The zero-order valence-corrected chi connectivity index (χ0v) is 15.9. The Bertz CT molecular complexity index is 897. The van der Waals surface area contributed by atoms with Gasteiger partial charge in [0.1, 0.15) is 0 Å². The molecule has 0 aliphatic heterocycles. The highest BCUT2D eigenvalue weighted by molar-refractivity contribution is 7.82. The van der Waals surface area contributed by atoms with Gasteiger partial charge in [-0.05, 0) is 54.4 Å². The van der Waals surface area contributed by atoms with Gasteiger partial charge in [0.2, 0.25) is 5.91 Å². The van der Waals surface area contributed by atoms with E-state index < -0.39 is 35.4 Å². The molecule has 0 aliphatic rings. The zero-order valence-electron chi connectivity index (χ0n) is 15.0. The molecule has 12 heteroatoms. The first kappa shape index (κ1) is 23.4. The van der Waals surface area contributed by atoms with Gasteiger partial charge in [-0.25, -0.2) is 9.10 Å². The zero-order chi connectivity index (χ0) is 22.7. The maximum absolute atomic E-state index is 12.9. The SMILES string of the molecule is NC(=O)c1ccc(N(S)C(=O)NCCc2cc(C(F)(F)F)cc(C(F)(F)F)c2)cc1. The van der Waals surface area contributed by atoms with Gasteiger partial charge in [0.25, 0.3) is 0 Å². The number of carbonyl (C=O) groups excluding carboxylic acids is 2. The molecule has 0 spiro atoms. The molecule has 3 amide bonds. The highest BCUT2D eigenvalue weighted by atomic mass is 32.1. The Morgan fingerprint density at radius 1 is 0.933 bits per heavy atom. The molecule has 30 heavy (non-hydrogen) atoms. The van der Waals surface area contributed by atoms with Gasteiger partial charge in [-0.1, -0.05) is 12.8 Å². The van der Waals surface area contributed by atoms with Crippen LogP contribution in [0.5, 0.6) is 0 Å². The van der Waals surface area contributed by atoms with Crippen molar-refractivity contribution in [3.05, 3.63) is 64.7 Å². The molecule has 2 rings (SSSR count). The van der Waals surface area contributed by atoms with Crippen LogP contribution >= 0.6 is 12.8 Å². The summed E-state index contributed by atoms with van der Waals surface area (Å²) >= 11 is 3.98. The molecule has 0 fully saturated rings. The van der Waals surface area contributed by atoms with Crippen LogP contribution in [-0.4, -0.2) is 18.5 Å². The van der Waals surface area contributed by atoms with E-state index in [-0.39, 0.29) is 35.8 Å². The number of rotatable bonds is 5. The monoisotopic (exact) mass is 451 g/mol. The van der Waals surface area contributed by atoms with E-state index in [2.05, 4.69) is 18.1 Å². The first-order chi connectivity index (χ1) is 13.8. The molecule has 2 aromatic rings. The number of hydrogen-bond acceptors (Lipinski definition) is 3. The Balaban J connectivity index is 2.06. The highest BCUT2D eigenvalue weighted by Gasteiger charge is 2.36. The van der Waals surface area contributed by atoms with Gasteiger partial charge in [0.05, 0.1) is 16.8 Å². The minimum absolute atomic E-state index is 0.0350. The fourth-order valence-electron chi connectivity index (χ4n) is 2.44. The Hall–Kier alpha value is -2.89. The number of nitrogens with two attached hydrogens (primary N) is 1. The summed E-state index contributed by atoms with van der Waals surface area (Å²) in [4.78, 5) is 23.1. The molecule has 0 saturated carbocycles. The molecule has 2 aromatic carbocycles. The van der Waals surface area contributed by atoms with Crippen molar-refractivity contribution in [1.29, 1.82) is 0 Å². The van der Waals surface area contributed by atoms with E-state index in [1.807, 2.05) is 0 Å². The lowest BCUT2D eigenvalue weighted by Gasteiger charge is -2.17. The van der Waals surface area contributed by atoms with Crippen molar-refractivity contribution < 1.29 is 35.9 Å². The number of carbonyl (C=O) groups is 2. The predicted molar refractivity (Wildman–Crippen MR) is 100.0 cm³/mol. The number of nitrogens with one attached hydrogen (secondary N) is 1. The fraction of sp³-hybridized carbons (Fsp3) is 0.222. The fourth-order valence-corrected chi connectivity index (χ4v) is 2.64. The van der Waals surface area contributed by atoms with E-state index in [4.69, 9.17) is 5.73 Å². The highest BCUT2D eigenvalue weighted by Crippen LogP contribution is 2.36. The van der Waals surface area contributed by atoms with Crippen molar-refractivity contribution in [2.24, 2.45) is 5.73 Å². The number of benzene rings is 2. The number of amides is 3. The Labute approximate surface area is 172 Å². The van der Waals surface area contributed by atoms with E-state index in [1.165, 1.54) is 24.3 Å². The number of nitrogens with zero attached hydrogens (tertiary/aromatic N) is 1. The molecule has 0 saturated heterocycles. The second kappa shape index (κ2) is 8.86. The average Bonchev–Trinajstić information content (AvgIpc) is 2.65. The van der Waals surface area contributed by atoms with Gasteiger partial charge in [0.15, 0.2) is 0 Å². The summed E-state index contributed by atoms with van der Waals surface area (Å²) in [5.74, 6) is -0.670. The van der Waals surface area contributed by atoms with Gasteiger partial charge < -0.3 is 11.1 Å². The molecular weight excluding hydrogens is 436 g/mol. The molecule has 0 unspecified atom stereocenters. The van der Waals surface area contributed by atoms with Gasteiger partial charge in [0, 0.05) is 12.1 Å². The minimum Gasteiger partial charge on any atom is -0.366 e. The normalized spacial score (nSPS) is 11.8. The number of alkyl halides is 6. The third-order valence-electron chi connectivity index (χ3n) is 3.93. The first-order valence-electron chi connectivity index (χ1n) is 8.24. The van der Waals surface area contributed by atoms with Crippen LogP contribution in [0.3, 0.4) is 0 Å². The average molecular weight is 451 g/mol. The minimum atomic E-state index is -4.95. The predicted octanol–water partition coefficient (Wildman–Crippen LogP) is 4.43. The maximum atomic E-state index is 12.9. The second-order valence-corrected chi connectivity index (χ2v) is 6.52. The van der Waals surface area contributed by atoms with Crippen molar-refractivity contribution >= 4 is 30.4 Å². The Morgan fingerprint density at radius 3 is 1.87 bits per heavy atom. The number of urea groups is 1. The lowest BCUT2D eigenvalue weighted by molar-refractivity contribution is -0.143. The quantitative estimate of drug-likeness (QED) is 0.465. The molecule has 0 atom stereocenters. The second-order valence-electron chi connectivity index (χ2n) is 6.12. The molecule has 0 aromatic heterocycles. The van der Waals surface area contributed by atoms with Crippen molar-refractivity contribution in [1.82, 2.24) is 5.32 Å². The molecule has 5 nitrogen and oxygen atoms in total. The molecule has 0 aliphatic carbocycles. The Kier molecular flexibility index (Phi) is 6.91. The van der Waals surface area contributed by atoms with Crippen molar-refractivity contribution in [2.45, 2.75) is 18.8 Å². The summed E-state index contributed by atoms with van der Waals surface area (Å²) in [5, 5.41) is 2.34. The maximum Gasteiger partial charge on any atom is 0.416 e. The van der Waals surface area contributed by atoms with Crippen molar-refractivity contribution in [2.75, 3.05) is 10.8 Å². The van der Waals surface area contributed by atoms with Gasteiger partial charge in [-0.3, -0.25) is 4.79 Å². The van der Waals surface area contributed by atoms with Crippen molar-refractivity contribution in [3.8, 4) is 0 Å². The summed E-state index contributed by atoms with van der Waals surface area (Å²) in [5.41, 5.74) is 2.47. The van der Waals surface area contributed by atoms with Crippen LogP contribution in [0.15, 0.2) is 42.5 Å². The van der Waals surface area contributed by atoms with Gasteiger partial charge in [-0.2, -0.15) is 26.3 Å². The Morgan fingerprint density at radius 2 is 1.43 bits per heavy atom. The largest absolute Gasteiger partial charge is 0.416 e. The van der Waals surface area contributed by atoms with E-state index >= 15 is 0 Å². The van der Waals surface area contributed by atoms with E-state index in [0.717, 1.165) is 4.31 Å². The topological polar surface area (TPSA) is 75.4 Å². The third-order valence-corrected chi connectivity index (χ3v) is 4.34. The first-order valence-corrected chi connectivity index (χ1v) is 8.64. The van der Waals surface area contributed by atoms with Crippen LogP contribution in [0.2, 0.25) is 0 Å². The van der Waals surface area contributed by atoms with E-state index in [0.29, 0.717) is 12.1 Å². The summed E-state index contributed by atoms with van der Waals surface area (Å²) in [6, 6.07) is 5.95. The molecule has 0 bridgehead atoms. The number of anilines is 1. The molecule has 0 radical (unpaired) electrons. The van der Waals surface area contributed by atoms with Crippen LogP contribution in [0.25, 0.3) is 0 Å². The van der Waals surface area contributed by atoms with Crippen LogP contribution < -0.4 is 15.4 Å². The van der Waals surface area contributed by atoms with E-state index in [9.17, 15) is 35.9 Å². The van der Waals surface area contributed by atoms with Crippen LogP contribution in [0.4, 0.5) is 36.8 Å². The summed E-state index contributed by atoms with van der Waals surface area (Å²) in [6.45, 7) is -0.242. The number of hydrogen-bond donors (Lipinski definition) is 3. The van der Waals surface area contributed by atoms with Crippen LogP contribution in [0.1, 0.15) is 27.0 Å². The standard InChI is InChI=1S/C18H15F6N3O2S/c19-17(20,21)12-7-10(8-13(9-12)18(22,23)24)5-6-26-16(29)27(30)14-3-1-11(2-4-14)15(25)28/h1-4,7-9,30H,5-6H2,(H2,25,28)(H,26,29). The molecular formula is C18H15F6N3O2S. The molecule has 3 N–H and O–H groups in total. The third kappa shape index (κ3) is 6.05. The summed E-state index contributed by atoms with van der Waals surface area (Å²) in [6.07, 6.45) is -10.2. The van der Waals surface area contributed by atoms with Crippen LogP contribution in [-0.2, 0) is 18.8 Å². The van der Waals surface area contributed by atoms with Crippen LogP contribution in [0, 0.1) is 0 Å². The smallest absolute Gasteiger partial charge is 0.366 e. The lowest BCUT2D eigenvalue weighted by atomic mass is 10.0. The summed E-state index contributed by atoms with van der Waals surface area (Å²) in [7, 11) is 0. The van der Waals surface area contributed by atoms with Crippen molar-refractivity contribution in [3.63, 3.8) is 0 Å².